The Bertz CT molecular complexity index is 1300. The molecule has 228 valence electrons. The number of nitrogens with one attached hydrogen (secondary N) is 1. The van der Waals surface area contributed by atoms with Crippen molar-refractivity contribution >= 4 is 38.6 Å². The number of amides is 1. The second-order valence-corrected chi connectivity index (χ2v) is 14.7. The van der Waals surface area contributed by atoms with Crippen LogP contribution in [0.25, 0.3) is 0 Å². The summed E-state index contributed by atoms with van der Waals surface area (Å²) in [5.74, 6) is -0.413. The number of alkyl carbamates (subject to hydrolysis) is 1. The molecule has 0 radical (unpaired) electrons. The number of carboxylic acids is 1. The molecule has 0 spiro atoms. The average Bonchev–Trinajstić information content (AvgIpc) is 3.70. The fourth-order valence-electron chi connectivity index (χ4n) is 5.55. The van der Waals surface area contributed by atoms with Gasteiger partial charge in [0.05, 0.1) is 24.1 Å². The summed E-state index contributed by atoms with van der Waals surface area (Å²) >= 11 is 0. The number of hydrogen-bond acceptors (Lipinski definition) is 9. The predicted molar refractivity (Wildman–Crippen MR) is 148 cm³/mol. The minimum atomic E-state index is -5.67. The standard InChI is InChI=1S/C24H36N4O11P2/c1-14-9-17(26-23(31)39-24(7-8-25,40(32,33)34)41(35,36)37)13-27(11-14)19-6-3-15-10-16(22(29)30)12-28(18-4-5-18)20(15)21(19)38-2/h3,6,12,14,17-18H,4-5,7-11,13,25H2,1-2H3,(H,26,31)(H,29,30)(H2,32,33,34)(H2,35,36,37)/t14-,17-/m0/s1. The third-order valence-electron chi connectivity index (χ3n) is 7.51. The number of carbonyl (C=O) groups is 2. The van der Waals surface area contributed by atoms with Gasteiger partial charge in [-0.1, -0.05) is 13.0 Å². The molecule has 2 aliphatic heterocycles. The highest BCUT2D eigenvalue weighted by atomic mass is 31.2. The molecule has 1 saturated carbocycles. The number of nitrogens with two attached hydrogens (primary N) is 1. The third kappa shape index (κ3) is 6.26. The van der Waals surface area contributed by atoms with Gasteiger partial charge in [0.1, 0.15) is 0 Å². The largest absolute Gasteiger partial charge is 0.492 e. The second-order valence-electron chi connectivity index (χ2n) is 10.7. The molecule has 2 atom stereocenters. The van der Waals surface area contributed by atoms with Crippen molar-refractivity contribution in [3.05, 3.63) is 29.5 Å². The number of aliphatic carboxylic acids is 1. The Labute approximate surface area is 236 Å². The van der Waals surface area contributed by atoms with Crippen LogP contribution in [0.2, 0.25) is 0 Å². The van der Waals surface area contributed by atoms with Gasteiger partial charge in [0.2, 0.25) is 0 Å². The van der Waals surface area contributed by atoms with Gasteiger partial charge in [-0.2, -0.15) is 0 Å². The number of nitrogens with zero attached hydrogens (tertiary/aromatic N) is 2. The van der Waals surface area contributed by atoms with E-state index in [1.165, 1.54) is 7.11 Å². The molecule has 3 aliphatic rings. The van der Waals surface area contributed by atoms with Crippen molar-refractivity contribution in [2.24, 2.45) is 11.7 Å². The Morgan fingerprint density at radius 2 is 1.80 bits per heavy atom. The molecule has 4 rings (SSSR count). The molecule has 1 saturated heterocycles. The molecule has 17 heteroatoms. The summed E-state index contributed by atoms with van der Waals surface area (Å²) in [4.78, 5) is 67.4. The highest BCUT2D eigenvalue weighted by Crippen LogP contribution is 2.71. The van der Waals surface area contributed by atoms with Crippen LogP contribution in [-0.4, -0.2) is 80.7 Å². The normalized spacial score (nSPS) is 21.6. The number of piperidine rings is 1. The second kappa shape index (κ2) is 11.6. The number of benzene rings is 1. The summed E-state index contributed by atoms with van der Waals surface area (Å²) < 4.78 is 34.9. The van der Waals surface area contributed by atoms with Gasteiger partial charge in [0.25, 0.3) is 0 Å². The molecule has 0 aromatic heterocycles. The molecular formula is C24H36N4O11P2. The molecule has 0 unspecified atom stereocenters. The minimum absolute atomic E-state index is 0.0187. The zero-order valence-electron chi connectivity index (χ0n) is 22.7. The van der Waals surface area contributed by atoms with Crippen LogP contribution in [-0.2, 0) is 25.1 Å². The van der Waals surface area contributed by atoms with E-state index in [-0.39, 0.29) is 30.5 Å². The lowest BCUT2D eigenvalue weighted by Gasteiger charge is -2.40. The quantitative estimate of drug-likeness (QED) is 0.184. The number of methoxy groups -OCH3 is 1. The lowest BCUT2D eigenvalue weighted by molar-refractivity contribution is -0.132. The van der Waals surface area contributed by atoms with Crippen molar-refractivity contribution in [2.75, 3.05) is 36.5 Å². The topological polar surface area (TPSA) is 232 Å². The van der Waals surface area contributed by atoms with E-state index in [1.54, 1.807) is 6.20 Å². The van der Waals surface area contributed by atoms with Gasteiger partial charge in [0.15, 0.2) is 5.75 Å². The van der Waals surface area contributed by atoms with Crippen LogP contribution < -0.4 is 25.6 Å². The fourth-order valence-corrected chi connectivity index (χ4v) is 8.15. The zero-order chi connectivity index (χ0) is 30.3. The molecule has 1 aliphatic carbocycles. The van der Waals surface area contributed by atoms with E-state index in [2.05, 4.69) is 5.32 Å². The van der Waals surface area contributed by atoms with Gasteiger partial charge in [-0.05, 0) is 43.4 Å². The van der Waals surface area contributed by atoms with Crippen LogP contribution >= 0.6 is 15.2 Å². The summed E-state index contributed by atoms with van der Waals surface area (Å²) in [7, 11) is -9.80. The molecule has 41 heavy (non-hydrogen) atoms. The molecular weight excluding hydrogens is 582 g/mol. The third-order valence-corrected chi connectivity index (χ3v) is 11.5. The van der Waals surface area contributed by atoms with E-state index in [9.17, 15) is 43.4 Å². The Morgan fingerprint density at radius 1 is 1.15 bits per heavy atom. The maximum atomic E-state index is 12.8. The predicted octanol–water partition coefficient (Wildman–Crippen LogP) is 1.49. The average molecular weight is 619 g/mol. The van der Waals surface area contributed by atoms with Crippen LogP contribution in [0.15, 0.2) is 23.9 Å². The van der Waals surface area contributed by atoms with Crippen LogP contribution in [0.3, 0.4) is 0 Å². The monoisotopic (exact) mass is 618 g/mol. The summed E-state index contributed by atoms with van der Waals surface area (Å²) in [6, 6.07) is 3.23. The van der Waals surface area contributed by atoms with E-state index in [4.69, 9.17) is 15.2 Å². The Balaban J connectivity index is 1.59. The van der Waals surface area contributed by atoms with E-state index >= 15 is 0 Å². The number of anilines is 2. The van der Waals surface area contributed by atoms with Crippen molar-refractivity contribution in [3.8, 4) is 5.75 Å². The zero-order valence-corrected chi connectivity index (χ0v) is 24.5. The molecule has 8 N–H and O–H groups in total. The number of carbonyl (C=O) groups excluding carboxylic acids is 1. The Kier molecular flexibility index (Phi) is 8.83. The summed E-state index contributed by atoms with van der Waals surface area (Å²) in [6.07, 6.45) is 1.83. The summed E-state index contributed by atoms with van der Waals surface area (Å²) in [6.45, 7) is 2.18. The van der Waals surface area contributed by atoms with E-state index in [1.807, 2.05) is 28.9 Å². The number of carboxylic acid groups (broad SMARTS) is 1. The lowest BCUT2D eigenvalue weighted by atomic mass is 9.93. The molecule has 1 aromatic rings. The smallest absolute Gasteiger partial charge is 0.409 e. The molecule has 2 heterocycles. The minimum Gasteiger partial charge on any atom is -0.492 e. The van der Waals surface area contributed by atoms with Crippen molar-refractivity contribution in [1.29, 1.82) is 0 Å². The lowest BCUT2D eigenvalue weighted by Crippen LogP contribution is -2.52. The number of rotatable bonds is 10. The highest BCUT2D eigenvalue weighted by molar-refractivity contribution is 7.72. The van der Waals surface area contributed by atoms with E-state index in [0.717, 1.165) is 24.1 Å². The maximum absolute atomic E-state index is 12.8. The van der Waals surface area contributed by atoms with E-state index in [0.29, 0.717) is 24.4 Å². The number of ether oxygens (including phenoxy) is 2. The van der Waals surface area contributed by atoms with Crippen molar-refractivity contribution in [1.82, 2.24) is 5.32 Å². The van der Waals surface area contributed by atoms with Gasteiger partial charge >= 0.3 is 32.3 Å². The number of fused-ring (bicyclic) bond motifs is 1. The summed E-state index contributed by atoms with van der Waals surface area (Å²) in [5, 5.41) is 8.71. The van der Waals surface area contributed by atoms with Crippen molar-refractivity contribution in [2.45, 2.75) is 56.2 Å². The first kappa shape index (κ1) is 31.3. The van der Waals surface area contributed by atoms with E-state index < -0.39 is 51.3 Å². The van der Waals surface area contributed by atoms with Gasteiger partial charge in [-0.15, -0.1) is 0 Å². The molecule has 1 aromatic carbocycles. The molecule has 15 nitrogen and oxygen atoms in total. The molecule has 2 fully saturated rings. The van der Waals surface area contributed by atoms with Crippen LogP contribution in [0.5, 0.6) is 5.75 Å². The van der Waals surface area contributed by atoms with Crippen molar-refractivity contribution in [3.63, 3.8) is 0 Å². The Morgan fingerprint density at radius 3 is 2.34 bits per heavy atom. The van der Waals surface area contributed by atoms with Crippen LogP contribution in [0, 0.1) is 5.92 Å². The Hall–Kier alpha value is -2.64. The van der Waals surface area contributed by atoms with Gasteiger partial charge in [0, 0.05) is 44.2 Å². The first-order chi connectivity index (χ1) is 19.1. The highest BCUT2D eigenvalue weighted by Gasteiger charge is 2.63. The maximum Gasteiger partial charge on any atom is 0.409 e. The molecule has 1 amide bonds. The first-order valence-corrected chi connectivity index (χ1v) is 16.3. The van der Waals surface area contributed by atoms with Crippen LogP contribution in [0.4, 0.5) is 16.2 Å². The molecule has 0 bridgehead atoms. The fraction of sp³-hybridized carbons (Fsp3) is 0.583. The van der Waals surface area contributed by atoms with Crippen LogP contribution in [0.1, 0.15) is 38.2 Å². The van der Waals surface area contributed by atoms with Crippen molar-refractivity contribution < 1.29 is 52.9 Å². The first-order valence-electron chi connectivity index (χ1n) is 13.1. The summed E-state index contributed by atoms with van der Waals surface area (Å²) in [5.41, 5.74) is 7.93. The SMILES string of the molecule is COc1c(N2C[C@@H](C)C[C@H](NC(=O)OC(CCN)(P(=O)(O)O)P(=O)(O)O)C2)ccc2c1N(C1CC1)C=C(C(=O)O)C2. The van der Waals surface area contributed by atoms with Gasteiger partial charge in [-0.3, -0.25) is 9.13 Å². The van der Waals surface area contributed by atoms with Gasteiger partial charge in [-0.25, -0.2) is 9.59 Å². The number of hydrogen-bond donors (Lipinski definition) is 7. The van der Waals surface area contributed by atoms with Gasteiger partial charge < -0.3 is 55.0 Å².